The van der Waals surface area contributed by atoms with Gasteiger partial charge in [-0.25, -0.2) is 0 Å². The molecule has 1 atom stereocenters. The van der Waals surface area contributed by atoms with Crippen LogP contribution in [-0.2, 0) is 9.59 Å². The molecule has 0 fully saturated rings. The van der Waals surface area contributed by atoms with E-state index in [0.29, 0.717) is 6.42 Å². The van der Waals surface area contributed by atoms with Gasteiger partial charge in [-0.15, -0.1) is 0 Å². The van der Waals surface area contributed by atoms with Gasteiger partial charge in [-0.3, -0.25) is 14.5 Å². The maximum Gasteiger partial charge on any atom is 0.254 e. The van der Waals surface area contributed by atoms with Crippen LogP contribution < -0.4 is 5.73 Å². The van der Waals surface area contributed by atoms with E-state index in [4.69, 9.17) is 5.73 Å². The predicted molar refractivity (Wildman–Crippen MR) is 53.1 cm³/mol. The van der Waals surface area contributed by atoms with E-state index in [9.17, 15) is 9.59 Å². The quantitative estimate of drug-likeness (QED) is 0.522. The third-order valence-electron chi connectivity index (χ3n) is 2.28. The summed E-state index contributed by atoms with van der Waals surface area (Å²) in [4.78, 5) is 23.5. The van der Waals surface area contributed by atoms with E-state index in [0.717, 1.165) is 24.2 Å². The van der Waals surface area contributed by atoms with Gasteiger partial charge in [0.15, 0.2) is 0 Å². The lowest BCUT2D eigenvalue weighted by Crippen LogP contribution is -2.45. The third kappa shape index (κ3) is 2.42. The minimum Gasteiger partial charge on any atom is -0.311 e. The van der Waals surface area contributed by atoms with Gasteiger partial charge in [0.1, 0.15) is 0 Å². The summed E-state index contributed by atoms with van der Waals surface area (Å²) in [5.41, 5.74) is 5.74. The van der Waals surface area contributed by atoms with Gasteiger partial charge in [0.2, 0.25) is 0 Å². The Bertz CT molecular complexity index is 243. The number of nitrogens with zero attached hydrogens (tertiary/aromatic N) is 1. The van der Waals surface area contributed by atoms with Crippen LogP contribution in [0.1, 0.15) is 32.6 Å². The molecule has 0 aromatic carbocycles. The molecule has 0 aromatic heterocycles. The maximum absolute atomic E-state index is 11.2. The van der Waals surface area contributed by atoms with Gasteiger partial charge in [-0.2, -0.15) is 0 Å². The monoisotopic (exact) mass is 196 g/mol. The van der Waals surface area contributed by atoms with Crippen molar-refractivity contribution in [2.45, 2.75) is 38.8 Å². The van der Waals surface area contributed by atoms with E-state index >= 15 is 0 Å². The van der Waals surface area contributed by atoms with Gasteiger partial charge in [-0.05, 0) is 6.42 Å². The van der Waals surface area contributed by atoms with Crippen LogP contribution in [0, 0.1) is 0 Å². The molecule has 0 bridgehead atoms. The Morgan fingerprint density at radius 1 is 1.29 bits per heavy atom. The molecule has 78 valence electrons. The standard InChI is InChI=1S/C10H16N2O2/c1-2-3-4-5-8(11)12-9(13)6-7-10(12)14/h6-8H,2-5,11H2,1H3. The molecule has 0 radical (unpaired) electrons. The Morgan fingerprint density at radius 2 is 1.86 bits per heavy atom. The number of hydrogen-bond donors (Lipinski definition) is 1. The summed E-state index contributed by atoms with van der Waals surface area (Å²) in [6.07, 6.45) is 5.90. The SMILES string of the molecule is CCCCCC(N)N1C(=O)C=CC1=O. The van der Waals surface area contributed by atoms with Crippen LogP contribution in [0.4, 0.5) is 0 Å². The second kappa shape index (κ2) is 4.91. The second-order valence-corrected chi connectivity index (χ2v) is 3.44. The molecule has 4 nitrogen and oxygen atoms in total. The fourth-order valence-electron chi connectivity index (χ4n) is 1.47. The molecule has 14 heavy (non-hydrogen) atoms. The van der Waals surface area contributed by atoms with E-state index in [2.05, 4.69) is 6.92 Å². The number of unbranched alkanes of at least 4 members (excludes halogenated alkanes) is 2. The molecular formula is C10H16N2O2. The van der Waals surface area contributed by atoms with Gasteiger partial charge >= 0.3 is 0 Å². The Labute approximate surface area is 83.8 Å². The molecule has 1 aliphatic rings. The molecule has 0 saturated heterocycles. The van der Waals surface area contributed by atoms with Gasteiger partial charge in [-0.1, -0.05) is 26.2 Å². The van der Waals surface area contributed by atoms with Crippen LogP contribution >= 0.6 is 0 Å². The van der Waals surface area contributed by atoms with Crippen LogP contribution in [0.2, 0.25) is 0 Å². The first kappa shape index (κ1) is 10.9. The van der Waals surface area contributed by atoms with E-state index in [1.165, 1.54) is 12.2 Å². The normalized spacial score (nSPS) is 18.0. The summed E-state index contributed by atoms with van der Waals surface area (Å²) in [6.45, 7) is 2.10. The van der Waals surface area contributed by atoms with Gasteiger partial charge in [0.25, 0.3) is 11.8 Å². The fourth-order valence-corrected chi connectivity index (χ4v) is 1.47. The number of hydrogen-bond acceptors (Lipinski definition) is 3. The largest absolute Gasteiger partial charge is 0.311 e. The highest BCUT2D eigenvalue weighted by Crippen LogP contribution is 2.11. The summed E-state index contributed by atoms with van der Waals surface area (Å²) in [5.74, 6) is -0.585. The Hall–Kier alpha value is -1.16. The fraction of sp³-hybridized carbons (Fsp3) is 0.600. The molecule has 1 unspecified atom stereocenters. The van der Waals surface area contributed by atoms with Crippen molar-refractivity contribution in [2.24, 2.45) is 5.73 Å². The maximum atomic E-state index is 11.2. The van der Waals surface area contributed by atoms with E-state index in [-0.39, 0.29) is 11.8 Å². The highest BCUT2D eigenvalue weighted by molar-refractivity contribution is 6.13. The molecule has 0 spiro atoms. The molecular weight excluding hydrogens is 180 g/mol. The minimum atomic E-state index is -0.462. The van der Waals surface area contributed by atoms with Crippen molar-refractivity contribution < 1.29 is 9.59 Å². The molecule has 4 heteroatoms. The number of carbonyl (C=O) groups is 2. The highest BCUT2D eigenvalue weighted by Gasteiger charge is 2.28. The highest BCUT2D eigenvalue weighted by atomic mass is 16.2. The first-order valence-electron chi connectivity index (χ1n) is 4.97. The lowest BCUT2D eigenvalue weighted by atomic mass is 10.1. The van der Waals surface area contributed by atoms with E-state index < -0.39 is 6.17 Å². The topological polar surface area (TPSA) is 63.4 Å². The first-order valence-corrected chi connectivity index (χ1v) is 4.97. The second-order valence-electron chi connectivity index (χ2n) is 3.44. The third-order valence-corrected chi connectivity index (χ3v) is 2.28. The molecule has 0 aliphatic carbocycles. The molecule has 1 rings (SSSR count). The zero-order valence-corrected chi connectivity index (χ0v) is 8.40. The number of rotatable bonds is 5. The summed E-state index contributed by atoms with van der Waals surface area (Å²) >= 11 is 0. The van der Waals surface area contributed by atoms with Crippen LogP contribution in [0.3, 0.4) is 0 Å². The summed E-state index contributed by atoms with van der Waals surface area (Å²) in [6, 6.07) is 0. The lowest BCUT2D eigenvalue weighted by Gasteiger charge is -2.21. The van der Waals surface area contributed by atoms with Crippen molar-refractivity contribution in [2.75, 3.05) is 0 Å². The van der Waals surface area contributed by atoms with Crippen molar-refractivity contribution >= 4 is 11.8 Å². The Balaban J connectivity index is 2.40. The molecule has 1 heterocycles. The summed E-state index contributed by atoms with van der Waals surface area (Å²) in [7, 11) is 0. The van der Waals surface area contributed by atoms with Crippen molar-refractivity contribution in [1.82, 2.24) is 4.90 Å². The molecule has 1 aliphatic heterocycles. The first-order chi connectivity index (χ1) is 6.66. The Kier molecular flexibility index (Phi) is 3.83. The average molecular weight is 196 g/mol. The average Bonchev–Trinajstić information content (AvgIpc) is 2.46. The van der Waals surface area contributed by atoms with Crippen molar-refractivity contribution in [3.8, 4) is 0 Å². The number of amides is 2. The smallest absolute Gasteiger partial charge is 0.254 e. The van der Waals surface area contributed by atoms with Crippen LogP contribution in [0.5, 0.6) is 0 Å². The van der Waals surface area contributed by atoms with E-state index in [1.54, 1.807) is 0 Å². The van der Waals surface area contributed by atoms with Crippen molar-refractivity contribution in [3.63, 3.8) is 0 Å². The number of carbonyl (C=O) groups excluding carboxylic acids is 2. The van der Waals surface area contributed by atoms with E-state index in [1.807, 2.05) is 0 Å². The zero-order valence-electron chi connectivity index (χ0n) is 8.40. The molecule has 2 N–H and O–H groups in total. The summed E-state index contributed by atoms with van der Waals surface area (Å²) < 4.78 is 0. The van der Waals surface area contributed by atoms with Crippen molar-refractivity contribution in [3.05, 3.63) is 12.2 Å². The predicted octanol–water partition coefficient (Wildman–Crippen LogP) is 0.777. The number of imide groups is 1. The minimum absolute atomic E-state index is 0.293. The lowest BCUT2D eigenvalue weighted by molar-refractivity contribution is -0.139. The van der Waals surface area contributed by atoms with Crippen LogP contribution in [0.25, 0.3) is 0 Å². The van der Waals surface area contributed by atoms with Gasteiger partial charge in [0.05, 0.1) is 6.17 Å². The summed E-state index contributed by atoms with van der Waals surface area (Å²) in [5, 5.41) is 0. The molecule has 2 amide bonds. The van der Waals surface area contributed by atoms with Crippen molar-refractivity contribution in [1.29, 1.82) is 0 Å². The van der Waals surface area contributed by atoms with Crippen LogP contribution in [-0.4, -0.2) is 22.9 Å². The number of nitrogens with two attached hydrogens (primary N) is 1. The zero-order chi connectivity index (χ0) is 10.6. The van der Waals surface area contributed by atoms with Crippen LogP contribution in [0.15, 0.2) is 12.2 Å². The molecule has 0 aromatic rings. The Morgan fingerprint density at radius 3 is 2.36 bits per heavy atom. The molecule has 0 saturated carbocycles. The van der Waals surface area contributed by atoms with Gasteiger partial charge in [0, 0.05) is 12.2 Å². The van der Waals surface area contributed by atoms with Gasteiger partial charge < -0.3 is 5.73 Å².